The van der Waals surface area contributed by atoms with Crippen LogP contribution in [-0.4, -0.2) is 39.9 Å². The Balaban J connectivity index is 0.971. The molecule has 0 aliphatic rings. The zero-order valence-corrected chi connectivity index (χ0v) is 32.1. The standard InChI is InChI=1S/C44H50N8/c1-41(2,3)28-13-11-12-26(20-28)38-47-31-23-35-36(24-32(31)48-38)52-40(51-35)44(9,10)19-18-43(7,8)27-16-14-25(15-17-27)37-45-29-21-33-34(22-30(29)46-37)50-39(49-33)42(4,5)6/h11-17,20-24H,18-19H2,1-10H3,(H,45,46)(H,47,48)(H,49,50)(H,51,52). The Morgan fingerprint density at radius 1 is 0.423 bits per heavy atom. The highest BCUT2D eigenvalue weighted by atomic mass is 15.0. The molecule has 0 spiro atoms. The van der Waals surface area contributed by atoms with Crippen molar-refractivity contribution in [1.29, 1.82) is 0 Å². The number of fused-ring (bicyclic) bond motifs is 4. The minimum absolute atomic E-state index is 0.0224. The van der Waals surface area contributed by atoms with Crippen molar-refractivity contribution in [2.45, 2.75) is 104 Å². The van der Waals surface area contributed by atoms with Crippen LogP contribution in [0.25, 0.3) is 66.9 Å². The van der Waals surface area contributed by atoms with E-state index in [1.165, 1.54) is 11.1 Å². The largest absolute Gasteiger partial charge is 0.341 e. The summed E-state index contributed by atoms with van der Waals surface area (Å²) in [4.78, 5) is 34.1. The van der Waals surface area contributed by atoms with Gasteiger partial charge in [-0.2, -0.15) is 0 Å². The second kappa shape index (κ2) is 11.6. The van der Waals surface area contributed by atoms with Gasteiger partial charge in [0.15, 0.2) is 0 Å². The van der Waals surface area contributed by atoms with Crippen molar-refractivity contribution in [3.63, 3.8) is 0 Å². The summed E-state index contributed by atoms with van der Waals surface area (Å²) in [6.07, 6.45) is 1.99. The molecule has 4 N–H and O–H groups in total. The molecule has 8 aromatic rings. The summed E-state index contributed by atoms with van der Waals surface area (Å²) in [5, 5.41) is 0. The number of rotatable bonds is 7. The van der Waals surface area contributed by atoms with Gasteiger partial charge in [-0.05, 0) is 65.1 Å². The van der Waals surface area contributed by atoms with Crippen LogP contribution in [0.5, 0.6) is 0 Å². The fourth-order valence-electron chi connectivity index (χ4n) is 7.08. The summed E-state index contributed by atoms with van der Waals surface area (Å²) in [6, 6.07) is 26.0. The van der Waals surface area contributed by atoms with Crippen LogP contribution in [0.4, 0.5) is 0 Å². The summed E-state index contributed by atoms with van der Waals surface area (Å²) >= 11 is 0. The summed E-state index contributed by atoms with van der Waals surface area (Å²) in [7, 11) is 0. The summed E-state index contributed by atoms with van der Waals surface area (Å²) in [5.74, 6) is 3.74. The summed E-state index contributed by atoms with van der Waals surface area (Å²) in [5.41, 5.74) is 12.4. The van der Waals surface area contributed by atoms with E-state index < -0.39 is 0 Å². The minimum atomic E-state index is -0.142. The molecular weight excluding hydrogens is 641 g/mol. The number of H-pyrrole nitrogens is 4. The zero-order chi connectivity index (χ0) is 36.8. The molecule has 0 aliphatic carbocycles. The normalized spacial score (nSPS) is 13.3. The number of imidazole rings is 4. The summed E-state index contributed by atoms with van der Waals surface area (Å²) in [6.45, 7) is 22.5. The molecule has 4 heterocycles. The number of benzene rings is 4. The van der Waals surface area contributed by atoms with Crippen molar-refractivity contribution < 1.29 is 0 Å². The molecule has 0 unspecified atom stereocenters. The van der Waals surface area contributed by atoms with Gasteiger partial charge in [0.25, 0.3) is 0 Å². The van der Waals surface area contributed by atoms with Crippen LogP contribution >= 0.6 is 0 Å². The number of nitrogens with zero attached hydrogens (tertiary/aromatic N) is 4. The Morgan fingerprint density at radius 2 is 0.904 bits per heavy atom. The fourth-order valence-corrected chi connectivity index (χ4v) is 7.08. The SMILES string of the molecule is CC(C)(C)c1cccc(-c2nc3cc4[nH]c(C(C)(C)CCC(C)(C)c5ccc(-c6nc7cc8[nH]c(C(C)(C)C)nc8cc7[nH]6)cc5)nc4cc3[nH]2)c1. The Bertz CT molecular complexity index is 2490. The maximum atomic E-state index is 5.11. The highest BCUT2D eigenvalue weighted by molar-refractivity contribution is 5.94. The topological polar surface area (TPSA) is 115 Å². The Morgan fingerprint density at radius 3 is 1.46 bits per heavy atom. The first-order chi connectivity index (χ1) is 24.4. The van der Waals surface area contributed by atoms with Crippen molar-refractivity contribution in [1.82, 2.24) is 39.9 Å². The third-order valence-electron chi connectivity index (χ3n) is 10.8. The maximum Gasteiger partial charge on any atom is 0.138 e. The lowest BCUT2D eigenvalue weighted by Gasteiger charge is -2.30. The molecule has 0 aliphatic heterocycles. The Labute approximate surface area is 305 Å². The van der Waals surface area contributed by atoms with Crippen LogP contribution in [0.3, 0.4) is 0 Å². The highest BCUT2D eigenvalue weighted by Gasteiger charge is 2.30. The number of aromatic amines is 4. The van der Waals surface area contributed by atoms with Crippen LogP contribution in [0.15, 0.2) is 72.8 Å². The molecule has 8 heteroatoms. The third kappa shape index (κ3) is 6.18. The third-order valence-corrected chi connectivity index (χ3v) is 10.8. The molecule has 0 saturated carbocycles. The van der Waals surface area contributed by atoms with Gasteiger partial charge in [-0.15, -0.1) is 0 Å². The average Bonchev–Trinajstić information content (AvgIpc) is 3.88. The van der Waals surface area contributed by atoms with E-state index in [2.05, 4.69) is 162 Å². The van der Waals surface area contributed by atoms with Crippen LogP contribution in [0.1, 0.15) is 105 Å². The molecule has 266 valence electrons. The van der Waals surface area contributed by atoms with Gasteiger partial charge in [-0.1, -0.05) is 112 Å². The van der Waals surface area contributed by atoms with Gasteiger partial charge >= 0.3 is 0 Å². The quantitative estimate of drug-likeness (QED) is 0.133. The van der Waals surface area contributed by atoms with Gasteiger partial charge in [0.05, 0.1) is 44.1 Å². The molecule has 0 radical (unpaired) electrons. The van der Waals surface area contributed by atoms with Crippen LogP contribution < -0.4 is 0 Å². The molecule has 4 aromatic carbocycles. The first-order valence-electron chi connectivity index (χ1n) is 18.4. The lowest BCUT2D eigenvalue weighted by molar-refractivity contribution is 0.364. The van der Waals surface area contributed by atoms with Crippen molar-refractivity contribution >= 4 is 44.1 Å². The second-order valence-corrected chi connectivity index (χ2v) is 18.0. The van der Waals surface area contributed by atoms with E-state index in [9.17, 15) is 0 Å². The minimum Gasteiger partial charge on any atom is -0.341 e. The van der Waals surface area contributed by atoms with Gasteiger partial charge in [0.2, 0.25) is 0 Å². The second-order valence-electron chi connectivity index (χ2n) is 18.0. The van der Waals surface area contributed by atoms with Gasteiger partial charge in [-0.25, -0.2) is 19.9 Å². The lowest BCUT2D eigenvalue weighted by Crippen LogP contribution is -2.25. The number of hydrogen-bond donors (Lipinski definition) is 4. The van der Waals surface area contributed by atoms with E-state index in [0.717, 1.165) is 91.4 Å². The van der Waals surface area contributed by atoms with E-state index >= 15 is 0 Å². The van der Waals surface area contributed by atoms with E-state index in [-0.39, 0.29) is 21.7 Å². The van der Waals surface area contributed by atoms with Crippen molar-refractivity contribution in [2.75, 3.05) is 0 Å². The molecule has 52 heavy (non-hydrogen) atoms. The highest BCUT2D eigenvalue weighted by Crippen LogP contribution is 2.37. The van der Waals surface area contributed by atoms with Crippen LogP contribution in [0, 0.1) is 0 Å². The van der Waals surface area contributed by atoms with Crippen molar-refractivity contribution in [3.8, 4) is 22.8 Å². The predicted octanol–water partition coefficient (Wildman–Crippen LogP) is 11.2. The smallest absolute Gasteiger partial charge is 0.138 e. The van der Waals surface area contributed by atoms with Crippen molar-refractivity contribution in [2.24, 2.45) is 0 Å². The van der Waals surface area contributed by atoms with Gasteiger partial charge in [0.1, 0.15) is 23.3 Å². The number of hydrogen-bond acceptors (Lipinski definition) is 4. The van der Waals surface area contributed by atoms with Gasteiger partial charge in [-0.3, -0.25) is 0 Å². The van der Waals surface area contributed by atoms with E-state index in [0.29, 0.717) is 0 Å². The van der Waals surface area contributed by atoms with E-state index in [1.807, 2.05) is 0 Å². The molecule has 8 rings (SSSR count). The monoisotopic (exact) mass is 690 g/mol. The predicted molar refractivity (Wildman–Crippen MR) is 215 cm³/mol. The Kier molecular flexibility index (Phi) is 7.58. The van der Waals surface area contributed by atoms with Crippen LogP contribution in [-0.2, 0) is 21.7 Å². The molecule has 8 nitrogen and oxygen atoms in total. The van der Waals surface area contributed by atoms with E-state index in [1.54, 1.807) is 0 Å². The van der Waals surface area contributed by atoms with Crippen LogP contribution in [0.2, 0.25) is 0 Å². The first-order valence-corrected chi connectivity index (χ1v) is 18.4. The molecule has 4 aromatic heterocycles. The fraction of sp³-hybridized carbons (Fsp3) is 0.364. The average molecular weight is 691 g/mol. The Hall–Kier alpha value is -5.24. The van der Waals surface area contributed by atoms with E-state index in [4.69, 9.17) is 19.9 Å². The summed E-state index contributed by atoms with van der Waals surface area (Å²) < 4.78 is 0. The molecule has 0 atom stereocenters. The first kappa shape index (κ1) is 33.9. The zero-order valence-electron chi connectivity index (χ0n) is 32.1. The van der Waals surface area contributed by atoms with Gasteiger partial charge in [0, 0.05) is 22.0 Å². The lowest BCUT2D eigenvalue weighted by atomic mass is 9.75. The number of nitrogens with one attached hydrogen (secondary N) is 4. The molecule has 0 saturated heterocycles. The molecular formula is C44H50N8. The molecule has 0 fully saturated rings. The van der Waals surface area contributed by atoms with Crippen molar-refractivity contribution in [3.05, 3.63) is 95.6 Å². The molecule has 0 bridgehead atoms. The number of aromatic nitrogens is 8. The maximum absolute atomic E-state index is 5.11. The van der Waals surface area contributed by atoms with Gasteiger partial charge < -0.3 is 19.9 Å². The molecule has 0 amide bonds.